The maximum atomic E-state index is 13.1. The Bertz CT molecular complexity index is 715. The van der Waals surface area contributed by atoms with E-state index in [0.29, 0.717) is 17.9 Å². The van der Waals surface area contributed by atoms with Crippen molar-refractivity contribution < 1.29 is 12.8 Å². The zero-order valence-electron chi connectivity index (χ0n) is 11.4. The topological polar surface area (TPSA) is 37.4 Å². The zero-order valence-corrected chi connectivity index (χ0v) is 13.8. The summed E-state index contributed by atoms with van der Waals surface area (Å²) >= 11 is 6.87. The first kappa shape index (κ1) is 16.4. The highest BCUT2D eigenvalue weighted by atomic mass is 35.5. The number of alkyl halides is 1. The number of aryl methyl sites for hydroxylation is 1. The molecule has 0 spiro atoms. The van der Waals surface area contributed by atoms with Crippen molar-refractivity contribution in [3.05, 3.63) is 52.7 Å². The Morgan fingerprint density at radius 3 is 2.71 bits per heavy atom. The van der Waals surface area contributed by atoms with Gasteiger partial charge in [0.1, 0.15) is 10.0 Å². The fraction of sp³-hybridized carbons (Fsp3) is 0.286. The van der Waals surface area contributed by atoms with E-state index in [1.807, 2.05) is 0 Å². The monoisotopic (exact) mass is 347 g/mol. The minimum atomic E-state index is -3.56. The molecule has 0 aliphatic rings. The molecule has 0 aliphatic heterocycles. The van der Waals surface area contributed by atoms with Gasteiger partial charge < -0.3 is 0 Å². The van der Waals surface area contributed by atoms with Crippen molar-refractivity contribution in [3.63, 3.8) is 0 Å². The minimum absolute atomic E-state index is 0.128. The highest BCUT2D eigenvalue weighted by Crippen LogP contribution is 2.25. The van der Waals surface area contributed by atoms with E-state index in [1.165, 1.54) is 34.8 Å². The highest BCUT2D eigenvalue weighted by molar-refractivity contribution is 7.91. The first-order valence-electron chi connectivity index (χ1n) is 6.29. The first-order valence-corrected chi connectivity index (χ1v) is 9.08. The fourth-order valence-electron chi connectivity index (χ4n) is 1.86. The molecule has 0 atom stereocenters. The summed E-state index contributed by atoms with van der Waals surface area (Å²) < 4.78 is 39.5. The number of halogens is 2. The van der Waals surface area contributed by atoms with E-state index in [2.05, 4.69) is 0 Å². The van der Waals surface area contributed by atoms with Gasteiger partial charge in [0.2, 0.25) is 0 Å². The van der Waals surface area contributed by atoms with Crippen molar-refractivity contribution in [2.45, 2.75) is 17.2 Å². The third-order valence-electron chi connectivity index (χ3n) is 2.94. The molecule has 2 aromatic rings. The highest BCUT2D eigenvalue weighted by Gasteiger charge is 2.23. The summed E-state index contributed by atoms with van der Waals surface area (Å²) in [4.78, 5) is 0.933. The van der Waals surface area contributed by atoms with Gasteiger partial charge >= 0.3 is 0 Å². The molecule has 0 amide bonds. The van der Waals surface area contributed by atoms with E-state index >= 15 is 0 Å². The first-order chi connectivity index (χ1) is 9.93. The van der Waals surface area contributed by atoms with Crippen molar-refractivity contribution in [1.82, 2.24) is 4.31 Å². The Morgan fingerprint density at radius 1 is 1.29 bits per heavy atom. The van der Waals surface area contributed by atoms with Gasteiger partial charge in [-0.15, -0.1) is 22.9 Å². The molecule has 21 heavy (non-hydrogen) atoms. The molecular formula is C14H15ClFNO2S2. The molecule has 0 unspecified atom stereocenters. The summed E-state index contributed by atoms with van der Waals surface area (Å²) in [5, 5.41) is 0. The average Bonchev–Trinajstić information content (AvgIpc) is 2.88. The molecule has 0 radical (unpaired) electrons. The standard InChI is InChI=1S/C14H15ClFNO2S2/c1-17(10-11-3-2-4-12(16)9-11)21(18,19)14-6-5-13(20-14)7-8-15/h2-6,9H,7-8,10H2,1H3. The molecule has 1 aromatic carbocycles. The molecule has 7 heteroatoms. The van der Waals surface area contributed by atoms with E-state index < -0.39 is 10.0 Å². The maximum absolute atomic E-state index is 13.1. The van der Waals surface area contributed by atoms with Crippen molar-refractivity contribution in [2.75, 3.05) is 12.9 Å². The maximum Gasteiger partial charge on any atom is 0.252 e. The summed E-state index contributed by atoms with van der Waals surface area (Å²) in [5.74, 6) is 0.0814. The third kappa shape index (κ3) is 4.03. The van der Waals surface area contributed by atoms with Gasteiger partial charge in [-0.25, -0.2) is 12.8 Å². The third-order valence-corrected chi connectivity index (χ3v) is 6.54. The predicted octanol–water partition coefficient (Wildman–Crippen LogP) is 3.49. The summed E-state index contributed by atoms with van der Waals surface area (Å²) in [6.07, 6.45) is 0.648. The van der Waals surface area contributed by atoms with Crippen molar-refractivity contribution >= 4 is 33.0 Å². The number of sulfonamides is 1. The Kier molecular flexibility index (Phi) is 5.37. The van der Waals surface area contributed by atoms with Gasteiger partial charge in [0.05, 0.1) is 0 Å². The van der Waals surface area contributed by atoms with Gasteiger partial charge in [0, 0.05) is 24.3 Å². The molecule has 0 fully saturated rings. The fourth-order valence-corrected chi connectivity index (χ4v) is 4.90. The normalized spacial score (nSPS) is 12.0. The molecule has 1 aromatic heterocycles. The number of nitrogens with zero attached hydrogens (tertiary/aromatic N) is 1. The smallest absolute Gasteiger partial charge is 0.207 e. The molecule has 2 rings (SSSR count). The van der Waals surface area contributed by atoms with Crippen molar-refractivity contribution in [2.24, 2.45) is 0 Å². The lowest BCUT2D eigenvalue weighted by Gasteiger charge is -2.16. The Labute approximate surface area is 133 Å². The molecule has 0 aliphatic carbocycles. The van der Waals surface area contributed by atoms with Gasteiger partial charge in [0.15, 0.2) is 0 Å². The lowest BCUT2D eigenvalue weighted by atomic mass is 10.2. The number of hydrogen-bond acceptors (Lipinski definition) is 3. The van der Waals surface area contributed by atoms with Gasteiger partial charge in [0.25, 0.3) is 10.0 Å². The molecule has 114 valence electrons. The van der Waals surface area contributed by atoms with E-state index in [0.717, 1.165) is 4.88 Å². The van der Waals surface area contributed by atoms with E-state index in [4.69, 9.17) is 11.6 Å². The minimum Gasteiger partial charge on any atom is -0.207 e. The molecule has 0 bridgehead atoms. The number of benzene rings is 1. The summed E-state index contributed by atoms with van der Waals surface area (Å²) in [7, 11) is -2.07. The van der Waals surface area contributed by atoms with Crippen molar-refractivity contribution in [3.8, 4) is 0 Å². The SMILES string of the molecule is CN(Cc1cccc(F)c1)S(=O)(=O)c1ccc(CCCl)s1. The summed E-state index contributed by atoms with van der Waals surface area (Å²) in [6.45, 7) is 0.128. The predicted molar refractivity (Wildman–Crippen MR) is 83.8 cm³/mol. The second kappa shape index (κ2) is 6.87. The van der Waals surface area contributed by atoms with Crippen LogP contribution in [0.15, 0.2) is 40.6 Å². The van der Waals surface area contributed by atoms with Crippen molar-refractivity contribution in [1.29, 1.82) is 0 Å². The van der Waals surface area contributed by atoms with Crippen LogP contribution in [-0.2, 0) is 23.0 Å². The second-order valence-electron chi connectivity index (χ2n) is 4.55. The van der Waals surface area contributed by atoms with Crippen LogP contribution in [0.1, 0.15) is 10.4 Å². The lowest BCUT2D eigenvalue weighted by Crippen LogP contribution is -2.25. The van der Waals surface area contributed by atoms with Crippen LogP contribution >= 0.6 is 22.9 Å². The Morgan fingerprint density at radius 2 is 2.05 bits per heavy atom. The van der Waals surface area contributed by atoms with Crippen LogP contribution in [0.5, 0.6) is 0 Å². The zero-order chi connectivity index (χ0) is 15.5. The number of thiophene rings is 1. The van der Waals surface area contributed by atoms with Gasteiger partial charge in [-0.3, -0.25) is 0 Å². The summed E-state index contributed by atoms with van der Waals surface area (Å²) in [5.41, 5.74) is 0.610. The largest absolute Gasteiger partial charge is 0.252 e. The van der Waals surface area contributed by atoms with Crippen LogP contribution < -0.4 is 0 Å². The van der Waals surface area contributed by atoms with E-state index in [9.17, 15) is 12.8 Å². The molecule has 1 heterocycles. The van der Waals surface area contributed by atoms with Crippen LogP contribution in [0.4, 0.5) is 4.39 Å². The van der Waals surface area contributed by atoms with Gasteiger partial charge in [-0.05, 0) is 36.2 Å². The van der Waals surface area contributed by atoms with Crippen LogP contribution in [0.3, 0.4) is 0 Å². The molecule has 0 saturated carbocycles. The Balaban J connectivity index is 2.17. The lowest BCUT2D eigenvalue weighted by molar-refractivity contribution is 0.467. The quantitative estimate of drug-likeness (QED) is 0.750. The number of rotatable bonds is 6. The van der Waals surface area contributed by atoms with E-state index in [1.54, 1.807) is 24.3 Å². The second-order valence-corrected chi connectivity index (χ2v) is 8.37. The van der Waals surface area contributed by atoms with E-state index in [-0.39, 0.29) is 16.6 Å². The van der Waals surface area contributed by atoms with Crippen LogP contribution in [0.25, 0.3) is 0 Å². The van der Waals surface area contributed by atoms with Crippen LogP contribution in [-0.4, -0.2) is 25.7 Å². The van der Waals surface area contributed by atoms with Crippen LogP contribution in [0.2, 0.25) is 0 Å². The molecule has 3 nitrogen and oxygen atoms in total. The van der Waals surface area contributed by atoms with Crippen LogP contribution in [0, 0.1) is 5.82 Å². The van der Waals surface area contributed by atoms with Gasteiger partial charge in [-0.1, -0.05) is 12.1 Å². The Hall–Kier alpha value is -0.950. The molecule has 0 saturated heterocycles. The van der Waals surface area contributed by atoms with Gasteiger partial charge in [-0.2, -0.15) is 4.31 Å². The summed E-state index contributed by atoms with van der Waals surface area (Å²) in [6, 6.07) is 9.28. The molecular weight excluding hydrogens is 333 g/mol. The molecule has 0 N–H and O–H groups in total. The average molecular weight is 348 g/mol. The number of hydrogen-bond donors (Lipinski definition) is 0.